The highest BCUT2D eigenvalue weighted by Gasteiger charge is 2.24. The number of nitrogens with zero attached hydrogens (tertiary/aromatic N) is 1. The molecule has 3 atom stereocenters. The lowest BCUT2D eigenvalue weighted by Crippen LogP contribution is -2.46. The first-order valence-corrected chi connectivity index (χ1v) is 23.5. The third kappa shape index (κ3) is 37.6. The van der Waals surface area contributed by atoms with Crippen LogP contribution in [0.5, 0.6) is 0 Å². The molecule has 0 heterocycles. The number of rotatable bonds is 40. The van der Waals surface area contributed by atoms with Gasteiger partial charge in [0.05, 0.1) is 39.9 Å². The number of carbonyl (C=O) groups is 1. The molecule has 9 heteroatoms. The van der Waals surface area contributed by atoms with Gasteiger partial charge in [0.25, 0.3) is 7.82 Å². The normalized spacial score (nSPS) is 14.5. The molecule has 0 saturated carbocycles. The fraction of sp³-hybridized carbons (Fsp3) is 0.930. The molecule has 0 aliphatic heterocycles. The molecule has 1 amide bonds. The molecule has 0 radical (unpaired) electrons. The number of phosphoric ester groups is 1. The van der Waals surface area contributed by atoms with Gasteiger partial charge in [0.15, 0.2) is 0 Å². The fourth-order valence-corrected chi connectivity index (χ4v) is 7.17. The molecule has 0 rings (SSSR count). The van der Waals surface area contributed by atoms with Crippen molar-refractivity contribution in [1.82, 2.24) is 5.32 Å². The van der Waals surface area contributed by atoms with Crippen molar-refractivity contribution in [3.05, 3.63) is 12.2 Å². The third-order valence-electron chi connectivity index (χ3n) is 10.0. The van der Waals surface area contributed by atoms with Crippen LogP contribution in [0, 0.1) is 0 Å². The van der Waals surface area contributed by atoms with Crippen molar-refractivity contribution in [2.24, 2.45) is 0 Å². The number of phosphoric acid groups is 1. The van der Waals surface area contributed by atoms with E-state index in [4.69, 9.17) is 9.05 Å². The Morgan fingerprint density at radius 2 is 1.06 bits per heavy atom. The summed E-state index contributed by atoms with van der Waals surface area (Å²) in [5, 5.41) is 13.8. The highest BCUT2D eigenvalue weighted by molar-refractivity contribution is 7.45. The van der Waals surface area contributed by atoms with Crippen LogP contribution in [0.2, 0.25) is 0 Å². The number of likely N-dealkylation sites (N-methyl/N-ethyl adjacent to an activating group) is 1. The monoisotopic (exact) mass is 759 g/mol. The quantitative estimate of drug-likeness (QED) is 0.0279. The first kappa shape index (κ1) is 51.2. The van der Waals surface area contributed by atoms with Crippen LogP contribution >= 0.6 is 7.82 Å². The maximum absolute atomic E-state index is 12.8. The Morgan fingerprint density at radius 3 is 1.50 bits per heavy atom. The number of carbonyl (C=O) groups excluding carboxylic acids is 1. The molecule has 52 heavy (non-hydrogen) atoms. The molecular formula is C43H87N2O6P. The summed E-state index contributed by atoms with van der Waals surface area (Å²) in [6.45, 7) is 4.69. The number of hydrogen-bond donors (Lipinski definition) is 2. The van der Waals surface area contributed by atoms with Crippen LogP contribution < -0.4 is 10.2 Å². The van der Waals surface area contributed by atoms with Gasteiger partial charge in [-0.05, 0) is 38.5 Å². The van der Waals surface area contributed by atoms with Crippen LogP contribution in [0.15, 0.2) is 12.2 Å². The maximum atomic E-state index is 12.8. The molecular weight excluding hydrogens is 671 g/mol. The minimum atomic E-state index is -4.56. The van der Waals surface area contributed by atoms with E-state index in [-0.39, 0.29) is 19.1 Å². The van der Waals surface area contributed by atoms with Crippen LogP contribution in [0.3, 0.4) is 0 Å². The highest BCUT2D eigenvalue weighted by Crippen LogP contribution is 2.38. The van der Waals surface area contributed by atoms with Gasteiger partial charge in [0.2, 0.25) is 5.91 Å². The Labute approximate surface area is 322 Å². The number of nitrogens with one attached hydrogen (secondary N) is 1. The van der Waals surface area contributed by atoms with E-state index in [0.717, 1.165) is 44.9 Å². The molecule has 8 nitrogen and oxygen atoms in total. The second kappa shape index (κ2) is 35.9. The summed E-state index contributed by atoms with van der Waals surface area (Å²) in [6.07, 6.45) is 39.3. The topological polar surface area (TPSA) is 108 Å². The first-order valence-electron chi connectivity index (χ1n) is 22.0. The lowest BCUT2D eigenvalue weighted by molar-refractivity contribution is -0.870. The van der Waals surface area contributed by atoms with Gasteiger partial charge in [-0.25, -0.2) is 0 Å². The maximum Gasteiger partial charge on any atom is 0.268 e. The molecule has 0 fully saturated rings. The smallest absolute Gasteiger partial charge is 0.268 e. The van der Waals surface area contributed by atoms with E-state index in [9.17, 15) is 19.4 Å². The summed E-state index contributed by atoms with van der Waals surface area (Å²) in [6, 6.07) is -0.809. The zero-order chi connectivity index (χ0) is 38.6. The number of allylic oxidation sites excluding steroid dienone is 2. The van der Waals surface area contributed by atoms with E-state index in [1.54, 1.807) is 0 Å². The van der Waals surface area contributed by atoms with Crippen molar-refractivity contribution in [3.63, 3.8) is 0 Å². The predicted octanol–water partition coefficient (Wildman–Crippen LogP) is 11.3. The number of unbranched alkanes of at least 4 members (excludes halogenated alkanes) is 25. The van der Waals surface area contributed by atoms with Gasteiger partial charge in [-0.1, -0.05) is 174 Å². The van der Waals surface area contributed by atoms with E-state index in [0.29, 0.717) is 23.9 Å². The molecule has 0 aromatic heterocycles. The van der Waals surface area contributed by atoms with Crippen molar-refractivity contribution >= 4 is 13.7 Å². The van der Waals surface area contributed by atoms with Gasteiger partial charge in [-0.2, -0.15) is 0 Å². The van der Waals surface area contributed by atoms with Crippen LogP contribution in [-0.2, 0) is 18.4 Å². The van der Waals surface area contributed by atoms with Crippen LogP contribution in [0.25, 0.3) is 0 Å². The van der Waals surface area contributed by atoms with E-state index >= 15 is 0 Å². The van der Waals surface area contributed by atoms with Gasteiger partial charge in [0.1, 0.15) is 13.2 Å². The molecule has 0 spiro atoms. The molecule has 2 N–H and O–H groups in total. The standard InChI is InChI=1S/C43H87N2O6P/c1-6-8-10-12-14-16-18-19-20-21-22-23-24-25-27-29-31-33-35-37-43(47)44-41(40-51-52(48,49)50-39-38-45(3,4)5)42(46)36-34-32-30-28-26-17-15-13-11-9-7-2/h26,28,41-42,46H,6-25,27,29-40H2,1-5H3,(H-,44,47,48,49)/b28-26+/t41-,42+/m0/s1. The Kier molecular flexibility index (Phi) is 35.4. The summed E-state index contributed by atoms with van der Waals surface area (Å²) in [7, 11) is 1.29. The average molecular weight is 759 g/mol. The van der Waals surface area contributed by atoms with E-state index in [1.807, 2.05) is 21.1 Å². The predicted molar refractivity (Wildman–Crippen MR) is 219 cm³/mol. The Hall–Kier alpha value is -0.760. The van der Waals surface area contributed by atoms with Crippen molar-refractivity contribution in [1.29, 1.82) is 0 Å². The lowest BCUT2D eigenvalue weighted by atomic mass is 10.0. The van der Waals surface area contributed by atoms with Gasteiger partial charge >= 0.3 is 0 Å². The lowest BCUT2D eigenvalue weighted by Gasteiger charge is -2.30. The van der Waals surface area contributed by atoms with Gasteiger partial charge in [-0.3, -0.25) is 9.36 Å². The molecule has 0 aliphatic rings. The zero-order valence-electron chi connectivity index (χ0n) is 35.0. The van der Waals surface area contributed by atoms with Gasteiger partial charge in [-0.15, -0.1) is 0 Å². The third-order valence-corrected chi connectivity index (χ3v) is 11.0. The van der Waals surface area contributed by atoms with E-state index in [2.05, 4.69) is 31.3 Å². The molecule has 0 aliphatic carbocycles. The number of amides is 1. The van der Waals surface area contributed by atoms with Crippen molar-refractivity contribution in [2.75, 3.05) is 40.9 Å². The van der Waals surface area contributed by atoms with E-state index in [1.165, 1.54) is 135 Å². The molecule has 0 bridgehead atoms. The highest BCUT2D eigenvalue weighted by atomic mass is 31.2. The number of aliphatic hydroxyl groups is 1. The number of hydrogen-bond acceptors (Lipinski definition) is 6. The minimum Gasteiger partial charge on any atom is -0.756 e. The van der Waals surface area contributed by atoms with E-state index < -0.39 is 20.0 Å². The molecule has 0 aromatic rings. The minimum absolute atomic E-state index is 0.00944. The SMILES string of the molecule is CCCCCCC/C=C/CCCC[C@@H](O)[C@H](COP(=O)([O-])OCC[N+](C)(C)C)NC(=O)CCCCCCCCCCCCCCCCCCCCC. The summed E-state index contributed by atoms with van der Waals surface area (Å²) in [5.41, 5.74) is 0. The second-order valence-corrected chi connectivity index (χ2v) is 17.8. The molecule has 310 valence electrons. The number of quaternary nitrogens is 1. The second-order valence-electron chi connectivity index (χ2n) is 16.4. The summed E-state index contributed by atoms with van der Waals surface area (Å²) in [5.74, 6) is -0.173. The average Bonchev–Trinajstić information content (AvgIpc) is 3.09. The largest absolute Gasteiger partial charge is 0.756 e. The summed E-state index contributed by atoms with van der Waals surface area (Å²) >= 11 is 0. The van der Waals surface area contributed by atoms with Crippen LogP contribution in [0.1, 0.15) is 206 Å². The first-order chi connectivity index (χ1) is 25.0. The van der Waals surface area contributed by atoms with Crippen molar-refractivity contribution < 1.29 is 32.9 Å². The fourth-order valence-electron chi connectivity index (χ4n) is 6.45. The van der Waals surface area contributed by atoms with Crippen molar-refractivity contribution in [3.8, 4) is 0 Å². The summed E-state index contributed by atoms with van der Waals surface area (Å²) in [4.78, 5) is 25.3. The van der Waals surface area contributed by atoms with Gasteiger partial charge in [0, 0.05) is 6.42 Å². The van der Waals surface area contributed by atoms with Crippen LogP contribution in [0.4, 0.5) is 0 Å². The Morgan fingerprint density at radius 1 is 0.654 bits per heavy atom. The molecule has 0 saturated heterocycles. The molecule has 1 unspecified atom stereocenters. The summed E-state index contributed by atoms with van der Waals surface area (Å²) < 4.78 is 23.2. The molecule has 0 aromatic carbocycles. The Balaban J connectivity index is 4.29. The van der Waals surface area contributed by atoms with Gasteiger partial charge < -0.3 is 28.8 Å². The van der Waals surface area contributed by atoms with Crippen LogP contribution in [-0.4, -0.2) is 68.5 Å². The zero-order valence-corrected chi connectivity index (χ0v) is 35.9. The Bertz CT molecular complexity index is 865. The van der Waals surface area contributed by atoms with Crippen molar-refractivity contribution in [2.45, 2.75) is 219 Å². The number of aliphatic hydroxyl groups excluding tert-OH is 1.